The highest BCUT2D eigenvalue weighted by atomic mass is 79.9. The van der Waals surface area contributed by atoms with Crippen molar-refractivity contribution in [1.82, 2.24) is 9.71 Å². The van der Waals surface area contributed by atoms with Crippen LogP contribution in [0.4, 0.5) is 0 Å². The van der Waals surface area contributed by atoms with E-state index < -0.39 is 15.6 Å². The van der Waals surface area contributed by atoms with Crippen molar-refractivity contribution >= 4 is 26.0 Å². The number of aromatic amines is 1. The molecule has 0 atom stereocenters. The van der Waals surface area contributed by atoms with Gasteiger partial charge in [0.15, 0.2) is 0 Å². The summed E-state index contributed by atoms with van der Waals surface area (Å²) in [4.78, 5) is 13.6. The minimum absolute atomic E-state index is 0.263. The molecule has 0 aromatic carbocycles. The van der Waals surface area contributed by atoms with Crippen LogP contribution in [0.2, 0.25) is 0 Å². The van der Waals surface area contributed by atoms with E-state index in [0.29, 0.717) is 16.9 Å². The van der Waals surface area contributed by atoms with E-state index in [0.717, 1.165) is 12.8 Å². The molecular weight excluding hydrogens is 320 g/mol. The number of nitrogens with one attached hydrogen (secondary N) is 2. The standard InChI is InChI=1S/C11H17BrN2O3S/c1-8(2)4-3-5-14-18(16,17)10-6-9(12)7-13-11(10)15/h6-8,14H,3-5H2,1-2H3,(H,13,15). The summed E-state index contributed by atoms with van der Waals surface area (Å²) >= 11 is 3.13. The van der Waals surface area contributed by atoms with Crippen molar-refractivity contribution in [1.29, 1.82) is 0 Å². The number of halogens is 1. The van der Waals surface area contributed by atoms with E-state index >= 15 is 0 Å². The minimum atomic E-state index is -3.74. The maximum absolute atomic E-state index is 11.9. The molecule has 1 aromatic heterocycles. The van der Waals surface area contributed by atoms with Crippen molar-refractivity contribution in [2.75, 3.05) is 6.54 Å². The van der Waals surface area contributed by atoms with Gasteiger partial charge in [-0.25, -0.2) is 13.1 Å². The van der Waals surface area contributed by atoms with Gasteiger partial charge in [-0.15, -0.1) is 0 Å². The number of aromatic nitrogens is 1. The fraction of sp³-hybridized carbons (Fsp3) is 0.545. The maximum atomic E-state index is 11.9. The summed E-state index contributed by atoms with van der Waals surface area (Å²) in [6.45, 7) is 4.49. The first-order valence-corrected chi connectivity index (χ1v) is 7.98. The zero-order valence-corrected chi connectivity index (χ0v) is 12.8. The average molecular weight is 337 g/mol. The molecule has 0 unspecified atom stereocenters. The molecule has 0 saturated carbocycles. The molecule has 1 heterocycles. The summed E-state index contributed by atoms with van der Waals surface area (Å²) in [6.07, 6.45) is 3.10. The first kappa shape index (κ1) is 15.4. The van der Waals surface area contributed by atoms with Crippen molar-refractivity contribution < 1.29 is 8.42 Å². The van der Waals surface area contributed by atoms with Crippen LogP contribution in [-0.4, -0.2) is 19.9 Å². The summed E-state index contributed by atoms with van der Waals surface area (Å²) in [5.41, 5.74) is -0.616. The zero-order chi connectivity index (χ0) is 13.8. The van der Waals surface area contributed by atoms with Crippen molar-refractivity contribution in [2.45, 2.75) is 31.6 Å². The lowest BCUT2D eigenvalue weighted by Crippen LogP contribution is -2.30. The van der Waals surface area contributed by atoms with E-state index in [1.807, 2.05) is 0 Å². The summed E-state index contributed by atoms with van der Waals surface area (Å²) in [7, 11) is -3.74. The summed E-state index contributed by atoms with van der Waals surface area (Å²) < 4.78 is 26.7. The van der Waals surface area contributed by atoms with Gasteiger partial charge in [0.05, 0.1) is 0 Å². The van der Waals surface area contributed by atoms with Gasteiger partial charge in [0, 0.05) is 17.2 Å². The molecule has 7 heteroatoms. The van der Waals surface area contributed by atoms with Gasteiger partial charge in [-0.1, -0.05) is 13.8 Å². The number of H-pyrrole nitrogens is 1. The molecule has 102 valence electrons. The van der Waals surface area contributed by atoms with Crippen LogP contribution in [0.5, 0.6) is 0 Å². The van der Waals surface area contributed by atoms with Gasteiger partial charge in [-0.3, -0.25) is 4.79 Å². The fourth-order valence-electron chi connectivity index (χ4n) is 1.43. The van der Waals surface area contributed by atoms with Gasteiger partial charge < -0.3 is 4.98 Å². The van der Waals surface area contributed by atoms with E-state index in [4.69, 9.17) is 0 Å². The molecule has 0 aliphatic rings. The maximum Gasteiger partial charge on any atom is 0.268 e. The summed E-state index contributed by atoms with van der Waals surface area (Å²) in [6, 6.07) is 1.30. The third-order valence-corrected chi connectivity index (χ3v) is 4.30. The highest BCUT2D eigenvalue weighted by Crippen LogP contribution is 2.11. The Kier molecular flexibility index (Phi) is 5.55. The molecule has 0 fully saturated rings. The molecule has 5 nitrogen and oxygen atoms in total. The second-order valence-corrected chi connectivity index (χ2v) is 7.10. The van der Waals surface area contributed by atoms with Crippen LogP contribution in [0.3, 0.4) is 0 Å². The van der Waals surface area contributed by atoms with Gasteiger partial charge in [-0.05, 0) is 40.8 Å². The largest absolute Gasteiger partial charge is 0.327 e. The number of hydrogen-bond donors (Lipinski definition) is 2. The first-order valence-electron chi connectivity index (χ1n) is 5.71. The van der Waals surface area contributed by atoms with Gasteiger partial charge in [-0.2, -0.15) is 0 Å². The summed E-state index contributed by atoms with van der Waals surface area (Å²) in [5.74, 6) is 0.531. The highest BCUT2D eigenvalue weighted by Gasteiger charge is 2.17. The Hall–Kier alpha value is -0.660. The lowest BCUT2D eigenvalue weighted by molar-refractivity contribution is 0.539. The third-order valence-electron chi connectivity index (χ3n) is 2.37. The molecule has 1 rings (SSSR count). The SMILES string of the molecule is CC(C)CCCNS(=O)(=O)c1cc(Br)c[nH]c1=O. The molecule has 1 aromatic rings. The highest BCUT2D eigenvalue weighted by molar-refractivity contribution is 9.10. The van der Waals surface area contributed by atoms with Crippen LogP contribution >= 0.6 is 15.9 Å². The lowest BCUT2D eigenvalue weighted by Gasteiger charge is -2.07. The predicted molar refractivity (Wildman–Crippen MR) is 74.0 cm³/mol. The Bertz CT molecular complexity index is 552. The van der Waals surface area contributed by atoms with Crippen LogP contribution in [0.15, 0.2) is 26.4 Å². The van der Waals surface area contributed by atoms with Gasteiger partial charge in [0.1, 0.15) is 4.90 Å². The predicted octanol–water partition coefficient (Wildman–Crippen LogP) is 1.85. The minimum Gasteiger partial charge on any atom is -0.327 e. The topological polar surface area (TPSA) is 79.0 Å². The Balaban J connectivity index is 2.75. The molecule has 0 amide bonds. The lowest BCUT2D eigenvalue weighted by atomic mass is 10.1. The Morgan fingerprint density at radius 3 is 2.72 bits per heavy atom. The number of sulfonamides is 1. The Labute approximate surface area is 115 Å². The molecular formula is C11H17BrN2O3S. The quantitative estimate of drug-likeness (QED) is 0.778. The monoisotopic (exact) mass is 336 g/mol. The van der Waals surface area contributed by atoms with Crippen LogP contribution in [0, 0.1) is 5.92 Å². The average Bonchev–Trinajstić information content (AvgIpc) is 2.27. The Morgan fingerprint density at radius 2 is 2.11 bits per heavy atom. The zero-order valence-electron chi connectivity index (χ0n) is 10.4. The normalized spacial score (nSPS) is 12.0. The molecule has 0 bridgehead atoms. The van der Waals surface area contributed by atoms with E-state index in [-0.39, 0.29) is 4.90 Å². The molecule has 0 aliphatic heterocycles. The smallest absolute Gasteiger partial charge is 0.268 e. The molecule has 18 heavy (non-hydrogen) atoms. The fourth-order valence-corrected chi connectivity index (χ4v) is 3.08. The molecule has 0 aliphatic carbocycles. The van der Waals surface area contributed by atoms with E-state index in [9.17, 15) is 13.2 Å². The van der Waals surface area contributed by atoms with E-state index in [2.05, 4.69) is 39.5 Å². The first-order chi connectivity index (χ1) is 8.33. The summed E-state index contributed by atoms with van der Waals surface area (Å²) in [5, 5.41) is 0. The van der Waals surface area contributed by atoms with Crippen LogP contribution in [-0.2, 0) is 10.0 Å². The van der Waals surface area contributed by atoms with Gasteiger partial charge in [0.25, 0.3) is 5.56 Å². The van der Waals surface area contributed by atoms with Crippen LogP contribution < -0.4 is 10.3 Å². The van der Waals surface area contributed by atoms with Gasteiger partial charge in [0.2, 0.25) is 10.0 Å². The number of hydrogen-bond acceptors (Lipinski definition) is 3. The van der Waals surface area contributed by atoms with Crippen LogP contribution in [0.1, 0.15) is 26.7 Å². The van der Waals surface area contributed by atoms with Crippen molar-refractivity contribution in [3.05, 3.63) is 27.1 Å². The second-order valence-electron chi connectivity index (χ2n) is 4.45. The molecule has 0 saturated heterocycles. The van der Waals surface area contributed by atoms with E-state index in [1.165, 1.54) is 12.3 Å². The van der Waals surface area contributed by atoms with E-state index in [1.54, 1.807) is 0 Å². The van der Waals surface area contributed by atoms with Crippen molar-refractivity contribution in [3.8, 4) is 0 Å². The van der Waals surface area contributed by atoms with Crippen molar-refractivity contribution in [2.24, 2.45) is 5.92 Å². The third kappa shape index (κ3) is 4.55. The molecule has 2 N–H and O–H groups in total. The number of pyridine rings is 1. The number of rotatable bonds is 6. The van der Waals surface area contributed by atoms with Crippen molar-refractivity contribution in [3.63, 3.8) is 0 Å². The Morgan fingerprint density at radius 1 is 1.44 bits per heavy atom. The molecule has 0 radical (unpaired) electrons. The molecule has 0 spiro atoms. The second kappa shape index (κ2) is 6.49. The van der Waals surface area contributed by atoms with Crippen LogP contribution in [0.25, 0.3) is 0 Å². The van der Waals surface area contributed by atoms with Gasteiger partial charge >= 0.3 is 0 Å².